The molecule has 0 rings (SSSR count). The van der Waals surface area contributed by atoms with Crippen molar-refractivity contribution in [3.8, 4) is 0 Å². The molecule has 0 aromatic rings. The van der Waals surface area contributed by atoms with Crippen LogP contribution in [0.15, 0.2) is 0 Å². The maximum Gasteiger partial charge on any atom is 2.00 e. The first kappa shape index (κ1) is 116. The first-order chi connectivity index (χ1) is 23.7. The van der Waals surface area contributed by atoms with E-state index in [0.29, 0.717) is 0 Å². The summed E-state index contributed by atoms with van der Waals surface area (Å²) in [5.41, 5.74) is -5.95. The van der Waals surface area contributed by atoms with Gasteiger partial charge < -0.3 is 177 Å². The third kappa shape index (κ3) is 79.2. The normalized spacial score (nSPS) is 9.55. The van der Waals surface area contributed by atoms with Crippen LogP contribution < -0.4 is 61.3 Å². The van der Waals surface area contributed by atoms with E-state index in [1.165, 1.54) is 0 Å². The summed E-state index contributed by atoms with van der Waals surface area (Å²) in [7, 11) is 0. The van der Waals surface area contributed by atoms with Crippen molar-refractivity contribution in [2.45, 2.75) is 74.5 Å². The second kappa shape index (κ2) is 62.8. The van der Waals surface area contributed by atoms with E-state index in [-0.39, 0.29) is 259 Å². The Balaban J connectivity index is -0.0000000285. The average Bonchev–Trinajstić information content (AvgIpc) is 2.91. The molecule has 0 saturated carbocycles. The molecule has 0 radical (unpaired) electrons. The first-order valence-corrected chi connectivity index (χ1v) is 12.6. The molecule has 0 amide bonds. The molecule has 3 atom stereocenters. The minimum absolute atomic E-state index is 0. The fraction of sp³-hybridized carbons (Fsp3) is 0.500. The summed E-state index contributed by atoms with van der Waals surface area (Å²) in [4.78, 5) is 117. The van der Waals surface area contributed by atoms with Gasteiger partial charge in [0.05, 0.1) is 48.2 Å². The van der Waals surface area contributed by atoms with Crippen molar-refractivity contribution < 1.29 is 177 Å². The summed E-state index contributed by atoms with van der Waals surface area (Å²) in [6.07, 6.45) is -14.1. The van der Waals surface area contributed by atoms with Crippen LogP contribution in [0.4, 0.5) is 0 Å². The number of aliphatic hydroxyl groups excluding tert-OH is 3. The third-order valence-corrected chi connectivity index (χ3v) is 4.40. The van der Waals surface area contributed by atoms with Gasteiger partial charge in [0.2, 0.25) is 0 Å². The van der Waals surface area contributed by atoms with Crippen molar-refractivity contribution in [2.75, 3.05) is 0 Å². The zero-order chi connectivity index (χ0) is 43.6. The summed E-state index contributed by atoms with van der Waals surface area (Å²) in [5, 5.41) is 160. The number of carbonyl (C=O) groups excluding carboxylic acids is 12. The number of hydrogen-bond donors (Lipinski definition) is 5. The van der Waals surface area contributed by atoms with Crippen LogP contribution in [0.25, 0.3) is 0 Å². The molecule has 0 aliphatic heterocycles. The van der Waals surface area contributed by atoms with Crippen molar-refractivity contribution in [1.82, 2.24) is 0 Å². The van der Waals surface area contributed by atoms with E-state index >= 15 is 0 Å². The molecule has 0 fully saturated rings. The van der Waals surface area contributed by atoms with Crippen LogP contribution in [0.1, 0.15) is 44.9 Å². The van der Waals surface area contributed by atoms with Crippen molar-refractivity contribution in [3.05, 3.63) is 0 Å². The minimum Gasteiger partial charge on any atom is -0.550 e. The molecule has 65 heavy (non-hydrogen) atoms. The zero-order valence-electron chi connectivity index (χ0n) is 33.0. The van der Waals surface area contributed by atoms with Crippen LogP contribution in [-0.4, -0.2) is 386 Å². The SMILES string of the molecule is O.O.O.O.O.O.O=C([O-])CC(O)(CC(=O)[O-])C(=O)[O-].O=C([O-])CC(O)(CC(=O)[O-])C(=O)[O-].O=C([O-])CC(O)C(=O)[O-].O=C([O-])CC(O)C(=O)[O-].O=C([O-])CC(O)C(=O)[O-].[Ca+2].[Ca+2].[Ca+2].[Ca+2].[Ca+2].[Ca+2]. The molecule has 41 heteroatoms. The number of aliphatic carboxylic acids is 12. The molecular weight excluding hydrogens is 1090 g/mol. The maximum atomic E-state index is 10.1. The second-order valence-electron chi connectivity index (χ2n) is 9.07. The average molecular weight is 1120 g/mol. The zero-order valence-corrected chi connectivity index (χ0v) is 46.2. The van der Waals surface area contributed by atoms with E-state index in [1.807, 2.05) is 0 Å². The van der Waals surface area contributed by atoms with Gasteiger partial charge in [0.1, 0.15) is 11.2 Å². The molecule has 3 unspecified atom stereocenters. The molecule has 0 spiro atoms. The largest absolute Gasteiger partial charge is 2.00 e. The van der Waals surface area contributed by atoms with Gasteiger partial charge in [0.25, 0.3) is 0 Å². The van der Waals surface area contributed by atoms with Crippen LogP contribution in [0, 0.1) is 0 Å². The Morgan fingerprint density at radius 2 is 0.431 bits per heavy atom. The quantitative estimate of drug-likeness (QED) is 0.0750. The van der Waals surface area contributed by atoms with Crippen LogP contribution in [0.3, 0.4) is 0 Å². The number of hydrogen-bond acceptors (Lipinski definition) is 29. The second-order valence-corrected chi connectivity index (χ2v) is 9.07. The molecule has 0 heterocycles. The molecule has 0 saturated heterocycles. The molecular formula is C24H34Ca6O35. The monoisotopic (exact) mass is 1120 g/mol. The molecule has 0 aromatic carbocycles. The Kier molecular flexibility index (Phi) is 112. The smallest absolute Gasteiger partial charge is 0.550 e. The van der Waals surface area contributed by atoms with Crippen LogP contribution in [0.5, 0.6) is 0 Å². The van der Waals surface area contributed by atoms with E-state index < -0.39 is 146 Å². The Morgan fingerprint density at radius 3 is 0.477 bits per heavy atom. The number of carboxylic acids is 12. The summed E-state index contributed by atoms with van der Waals surface area (Å²) in [6.45, 7) is 0. The van der Waals surface area contributed by atoms with Crippen LogP contribution in [0.2, 0.25) is 0 Å². The molecule has 0 aliphatic carbocycles. The van der Waals surface area contributed by atoms with Gasteiger partial charge in [-0.05, 0) is 0 Å². The topological polar surface area (TPSA) is 772 Å². The Hall–Kier alpha value is 0.758. The van der Waals surface area contributed by atoms with E-state index in [1.54, 1.807) is 0 Å². The van der Waals surface area contributed by atoms with Gasteiger partial charge in [-0.3, -0.25) is 0 Å². The van der Waals surface area contributed by atoms with E-state index in [9.17, 15) is 119 Å². The van der Waals surface area contributed by atoms with Gasteiger partial charge in [-0.15, -0.1) is 0 Å². The van der Waals surface area contributed by atoms with Gasteiger partial charge in [-0.1, -0.05) is 0 Å². The number of carbonyl (C=O) groups is 12. The number of carboxylic acid groups (broad SMARTS) is 12. The molecule has 352 valence electrons. The van der Waals surface area contributed by atoms with Gasteiger partial charge in [0.15, 0.2) is 0 Å². The number of aliphatic hydroxyl groups is 5. The Labute approximate surface area is 540 Å². The first-order valence-electron chi connectivity index (χ1n) is 12.6. The Bertz CT molecular complexity index is 1200. The van der Waals surface area contributed by atoms with Crippen molar-refractivity contribution >= 4 is 298 Å². The van der Waals surface area contributed by atoms with E-state index in [0.717, 1.165) is 0 Å². The molecule has 17 N–H and O–H groups in total. The summed E-state index contributed by atoms with van der Waals surface area (Å²) in [5.74, 6) is -22.2. The van der Waals surface area contributed by atoms with Crippen molar-refractivity contribution in [3.63, 3.8) is 0 Å². The molecule has 0 aliphatic rings. The van der Waals surface area contributed by atoms with Crippen molar-refractivity contribution in [1.29, 1.82) is 0 Å². The summed E-state index contributed by atoms with van der Waals surface area (Å²) < 4.78 is 0. The fourth-order valence-corrected chi connectivity index (χ4v) is 2.09. The van der Waals surface area contributed by atoms with Gasteiger partial charge in [0, 0.05) is 86.7 Å². The maximum absolute atomic E-state index is 10.1. The minimum atomic E-state index is -2.97. The van der Waals surface area contributed by atoms with Crippen LogP contribution >= 0.6 is 0 Å². The fourth-order valence-electron chi connectivity index (χ4n) is 2.09. The predicted molar refractivity (Wildman–Crippen MR) is 177 cm³/mol. The molecule has 0 bridgehead atoms. The van der Waals surface area contributed by atoms with Gasteiger partial charge >= 0.3 is 226 Å². The van der Waals surface area contributed by atoms with E-state index in [2.05, 4.69) is 0 Å². The van der Waals surface area contributed by atoms with Gasteiger partial charge in [-0.2, -0.15) is 0 Å². The molecule has 0 aromatic heterocycles. The van der Waals surface area contributed by atoms with E-state index in [4.69, 9.17) is 25.5 Å². The van der Waals surface area contributed by atoms with Crippen LogP contribution in [-0.2, 0) is 57.5 Å². The predicted octanol–water partition coefficient (Wildman–Crippen LogP) is -29.0. The van der Waals surface area contributed by atoms with Crippen molar-refractivity contribution in [2.24, 2.45) is 0 Å². The standard InChI is InChI=1S/2C6H8O7.3C4H6O5.6Ca.6H2O/c2*7-3(8)1-6(13,5(11)12)2-4(9)10;3*5-2(4(8)9)1-3(6)7;;;;;;;;;;;;/h2*13H,1-2H2,(H,7,8)(H,9,10)(H,11,12);3*2,5H,1H2,(H,6,7)(H,8,9);;;;;;;6*1H2/q;;;;;6*+2;;;;;;/p-12. The van der Waals surface area contributed by atoms with Gasteiger partial charge in [-0.25, -0.2) is 0 Å². The molecule has 35 nitrogen and oxygen atoms in total. The summed E-state index contributed by atoms with van der Waals surface area (Å²) in [6, 6.07) is 0. The third-order valence-electron chi connectivity index (χ3n) is 4.40. The number of rotatable bonds is 19. The Morgan fingerprint density at radius 1 is 0.308 bits per heavy atom. The summed E-state index contributed by atoms with van der Waals surface area (Å²) >= 11 is 0.